The van der Waals surface area contributed by atoms with Crippen LogP contribution in [0.1, 0.15) is 24.4 Å². The van der Waals surface area contributed by atoms with E-state index in [1.165, 1.54) is 28.1 Å². The molecule has 0 aromatic carbocycles. The van der Waals surface area contributed by atoms with E-state index < -0.39 is 89.2 Å². The standard InChI is InChI=1S/C21H25N9O14P2/c22-20-27-15-9(17(33)28-20)26-6-30(15)19-12-13-21(42-19,2-38-13)3-40-46(36,37)43-11-7(1-39-45(34,35)44-12)41-18(10(11)31)29-5-25-8-14(29)23-4-24-16(8)32/h4-7,10-13,16,18-19,31-32H,1-3H2,(H,23,24)(H,34,35)(H,36,37)(H3,22,27,28,33)/t7-,10-,11-,12-,13+,16?,18-,19-,21-/m1/s1. The van der Waals surface area contributed by atoms with E-state index in [2.05, 4.69) is 30.2 Å². The normalized spacial score (nSPS) is 42.2. The van der Waals surface area contributed by atoms with Gasteiger partial charge in [-0.1, -0.05) is 0 Å². The fourth-order valence-corrected chi connectivity index (χ4v) is 7.94. The number of anilines is 2. The highest BCUT2D eigenvalue weighted by Crippen LogP contribution is 2.58. The fraction of sp³-hybridized carbons (Fsp3) is 0.571. The smallest absolute Gasteiger partial charge is 0.386 e. The number of nitrogens with two attached hydrogens (primary N) is 1. The number of aliphatic hydroxyl groups is 2. The number of ether oxygens (including phenoxy) is 3. The minimum atomic E-state index is -5.04. The monoisotopic (exact) mass is 689 g/mol. The van der Waals surface area contributed by atoms with Crippen LogP contribution in [0.4, 0.5) is 11.8 Å². The maximum absolute atomic E-state index is 13.4. The summed E-state index contributed by atoms with van der Waals surface area (Å²) in [5.74, 6) is -0.0485. The van der Waals surface area contributed by atoms with Gasteiger partial charge in [-0.2, -0.15) is 4.98 Å². The predicted octanol–water partition coefficient (Wildman–Crippen LogP) is -2.01. The van der Waals surface area contributed by atoms with Crippen molar-refractivity contribution in [3.05, 3.63) is 28.7 Å². The Balaban J connectivity index is 1.12. The lowest BCUT2D eigenvalue weighted by molar-refractivity contribution is -0.244. The Bertz CT molecular complexity index is 1900. The third-order valence-electron chi connectivity index (χ3n) is 8.14. The fourth-order valence-electron chi connectivity index (χ4n) is 6.01. The van der Waals surface area contributed by atoms with Crippen LogP contribution in [0.25, 0.3) is 11.2 Å². The van der Waals surface area contributed by atoms with Crippen molar-refractivity contribution >= 4 is 44.9 Å². The van der Waals surface area contributed by atoms with E-state index in [1.807, 2.05) is 0 Å². The number of hydrogen-bond donors (Lipinski definition) is 7. The summed E-state index contributed by atoms with van der Waals surface area (Å²) < 4.78 is 68.3. The first kappa shape index (κ1) is 30.2. The van der Waals surface area contributed by atoms with Crippen LogP contribution in [0.5, 0.6) is 0 Å². The number of aliphatic hydroxyl groups excluding tert-OH is 2. The van der Waals surface area contributed by atoms with E-state index in [0.717, 1.165) is 0 Å². The predicted molar refractivity (Wildman–Crippen MR) is 146 cm³/mol. The summed E-state index contributed by atoms with van der Waals surface area (Å²) in [7, 11) is -10.1. The first-order valence-corrected chi connectivity index (χ1v) is 16.5. The molecule has 5 aliphatic rings. The molecule has 25 heteroatoms. The lowest BCUT2D eigenvalue weighted by atomic mass is 9.91. The van der Waals surface area contributed by atoms with Crippen molar-refractivity contribution in [2.45, 2.75) is 54.8 Å². The van der Waals surface area contributed by atoms with Crippen LogP contribution in [0.3, 0.4) is 0 Å². The van der Waals surface area contributed by atoms with E-state index in [0.29, 0.717) is 0 Å². The van der Waals surface area contributed by atoms with Gasteiger partial charge >= 0.3 is 15.6 Å². The molecule has 0 saturated carbocycles. The second kappa shape index (κ2) is 10.4. The molecular formula is C21H25N9O14P2. The van der Waals surface area contributed by atoms with Gasteiger partial charge in [0.2, 0.25) is 5.95 Å². The second-order valence-electron chi connectivity index (χ2n) is 11.0. The van der Waals surface area contributed by atoms with Crippen LogP contribution in [-0.4, -0.2) is 111 Å². The molecule has 0 aliphatic carbocycles. The van der Waals surface area contributed by atoms with Gasteiger partial charge in [-0.15, -0.1) is 0 Å². The van der Waals surface area contributed by atoms with Gasteiger partial charge < -0.3 is 45.3 Å². The van der Waals surface area contributed by atoms with Crippen molar-refractivity contribution in [2.75, 3.05) is 30.9 Å². The third kappa shape index (κ3) is 4.75. The van der Waals surface area contributed by atoms with Crippen molar-refractivity contribution in [3.8, 4) is 0 Å². The highest BCUT2D eigenvalue weighted by molar-refractivity contribution is 7.47. The van der Waals surface area contributed by atoms with Gasteiger partial charge in [-0.25, -0.2) is 24.1 Å². The first-order chi connectivity index (χ1) is 21.8. The molecular weight excluding hydrogens is 664 g/mol. The van der Waals surface area contributed by atoms with Gasteiger partial charge in [0, 0.05) is 0 Å². The van der Waals surface area contributed by atoms with E-state index in [1.54, 1.807) is 0 Å². The number of nitrogens with one attached hydrogen (secondary N) is 2. The molecule has 11 atom stereocenters. The van der Waals surface area contributed by atoms with E-state index in [4.69, 9.17) is 38.0 Å². The Morgan fingerprint density at radius 2 is 1.78 bits per heavy atom. The molecule has 4 saturated heterocycles. The molecule has 3 aromatic heterocycles. The third-order valence-corrected chi connectivity index (χ3v) is 10.1. The quantitative estimate of drug-likeness (QED) is 0.143. The number of fused-ring (bicyclic) bond motifs is 3. The molecule has 8 N–H and O–H groups in total. The summed E-state index contributed by atoms with van der Waals surface area (Å²) >= 11 is 0. The topological polar surface area (TPSA) is 311 Å². The number of H-pyrrole nitrogens is 1. The Hall–Kier alpha value is -3.15. The average Bonchev–Trinajstić information content (AvgIpc) is 3.71. The lowest BCUT2D eigenvalue weighted by Crippen LogP contribution is -2.61. The number of aromatic amines is 1. The zero-order chi connectivity index (χ0) is 32.2. The molecule has 8 rings (SSSR count). The molecule has 0 spiro atoms. The van der Waals surface area contributed by atoms with Crippen LogP contribution in [-0.2, 0) is 41.4 Å². The molecule has 2 bridgehead atoms. The molecule has 3 aromatic rings. The summed E-state index contributed by atoms with van der Waals surface area (Å²) in [6.07, 6.45) is -7.78. The van der Waals surface area contributed by atoms with Crippen molar-refractivity contribution < 1.29 is 61.4 Å². The largest absolute Gasteiger partial charge is 0.472 e. The minimum absolute atomic E-state index is 0.0552. The molecule has 0 radical (unpaired) electrons. The molecule has 0 amide bonds. The number of rotatable bonds is 2. The zero-order valence-electron chi connectivity index (χ0n) is 23.0. The van der Waals surface area contributed by atoms with Gasteiger partial charge in [-0.05, 0) is 0 Å². The van der Waals surface area contributed by atoms with E-state index >= 15 is 0 Å². The lowest BCUT2D eigenvalue weighted by Gasteiger charge is -2.43. The number of nitrogen functional groups attached to an aromatic ring is 1. The van der Waals surface area contributed by atoms with Gasteiger partial charge in [0.25, 0.3) is 5.56 Å². The SMILES string of the molecule is Nc1nc2c(ncn2[C@@H]2O[C@@]34CO[C@H]3[C@H]2OP(=O)(O)OC[C@H]2O[C@@H](n3cnc5c3NC=NC5O)[C@H](O)[C@@H]2OP(=O)(O)OC4)c(=O)[nH]1. The second-order valence-corrected chi connectivity index (χ2v) is 13.8. The molecule has 23 nitrogen and oxygen atoms in total. The Morgan fingerprint density at radius 1 is 1.02 bits per heavy atom. The average molecular weight is 689 g/mol. The number of hydrogen-bond acceptors (Lipinski definition) is 18. The summed E-state index contributed by atoms with van der Waals surface area (Å²) in [5.41, 5.74) is 3.46. The molecule has 5 aliphatic heterocycles. The van der Waals surface area contributed by atoms with Gasteiger partial charge in [-0.3, -0.25) is 37.0 Å². The number of imidazole rings is 2. The Labute approximate surface area is 255 Å². The molecule has 248 valence electrons. The van der Waals surface area contributed by atoms with Crippen molar-refractivity contribution in [2.24, 2.45) is 4.99 Å². The van der Waals surface area contributed by atoms with Crippen LogP contribution in [0.15, 0.2) is 22.4 Å². The van der Waals surface area contributed by atoms with Crippen LogP contribution in [0.2, 0.25) is 0 Å². The number of nitrogens with zero attached hydrogens (tertiary/aromatic N) is 6. The van der Waals surface area contributed by atoms with Crippen LogP contribution in [0, 0.1) is 0 Å². The molecule has 3 unspecified atom stereocenters. The minimum Gasteiger partial charge on any atom is -0.386 e. The van der Waals surface area contributed by atoms with Crippen molar-refractivity contribution in [1.29, 1.82) is 0 Å². The van der Waals surface area contributed by atoms with Crippen molar-refractivity contribution in [1.82, 2.24) is 29.1 Å². The Kier molecular flexibility index (Phi) is 6.84. The number of aromatic nitrogens is 6. The number of phosphoric ester groups is 2. The van der Waals surface area contributed by atoms with E-state index in [9.17, 15) is 33.9 Å². The zero-order valence-corrected chi connectivity index (χ0v) is 24.8. The maximum atomic E-state index is 13.4. The molecule has 46 heavy (non-hydrogen) atoms. The first-order valence-electron chi connectivity index (χ1n) is 13.5. The van der Waals surface area contributed by atoms with E-state index in [-0.39, 0.29) is 35.2 Å². The summed E-state index contributed by atoms with van der Waals surface area (Å²) in [6.45, 7) is -1.65. The number of aliphatic imine (C=N–C) groups is 1. The van der Waals surface area contributed by atoms with Crippen molar-refractivity contribution in [3.63, 3.8) is 0 Å². The van der Waals surface area contributed by atoms with Gasteiger partial charge in [0.1, 0.15) is 47.6 Å². The highest BCUT2D eigenvalue weighted by atomic mass is 31.2. The summed E-state index contributed by atoms with van der Waals surface area (Å²) in [6, 6.07) is 0. The maximum Gasteiger partial charge on any atom is 0.472 e. The van der Waals surface area contributed by atoms with Crippen LogP contribution < -0.4 is 16.6 Å². The van der Waals surface area contributed by atoms with Gasteiger partial charge in [0.05, 0.1) is 38.8 Å². The number of phosphoric acid groups is 2. The van der Waals surface area contributed by atoms with Crippen LogP contribution >= 0.6 is 15.6 Å². The molecule has 8 heterocycles. The molecule has 4 fully saturated rings. The van der Waals surface area contributed by atoms with Gasteiger partial charge in [0.15, 0.2) is 29.8 Å². The summed E-state index contributed by atoms with van der Waals surface area (Å²) in [4.78, 5) is 52.2. The Morgan fingerprint density at radius 3 is 2.57 bits per heavy atom. The highest BCUT2D eigenvalue weighted by Gasteiger charge is 2.66. The summed E-state index contributed by atoms with van der Waals surface area (Å²) in [5, 5.41) is 24.1.